The Morgan fingerprint density at radius 2 is 1.26 bits per heavy atom. The van der Waals surface area contributed by atoms with Gasteiger partial charge in [-0.15, -0.1) is 0 Å². The highest BCUT2D eigenvalue weighted by atomic mass is 79.9. The second kappa shape index (κ2) is 8.57. The Kier molecular flexibility index (Phi) is 6.17. The van der Waals surface area contributed by atoms with Gasteiger partial charge in [0, 0.05) is 16.1 Å². The van der Waals surface area contributed by atoms with Crippen LogP contribution >= 0.6 is 31.9 Å². The highest BCUT2D eigenvalue weighted by Crippen LogP contribution is 2.39. The van der Waals surface area contributed by atoms with Crippen molar-refractivity contribution in [3.8, 4) is 23.0 Å². The molecule has 2 heterocycles. The summed E-state index contributed by atoms with van der Waals surface area (Å²) >= 11 is 6.37. The highest BCUT2D eigenvalue weighted by Gasteiger charge is 2.20. The minimum Gasteiger partial charge on any atom is -0.486 e. The Bertz CT molecular complexity index is 888. The molecule has 0 amide bonds. The minimum atomic E-state index is -0.470. The molecule has 0 aliphatic carbocycles. The summed E-state index contributed by atoms with van der Waals surface area (Å²) in [7, 11) is 0. The van der Waals surface area contributed by atoms with E-state index in [9.17, 15) is 14.9 Å². The summed E-state index contributed by atoms with van der Waals surface area (Å²) in [5.74, 6) is 2.28. The van der Waals surface area contributed by atoms with Crippen molar-refractivity contribution >= 4 is 43.8 Å². The lowest BCUT2D eigenvalue weighted by molar-refractivity contribution is -0.385. The molecule has 0 saturated carbocycles. The number of nitrogens with zero attached hydrogens (tertiary/aromatic N) is 1. The van der Waals surface area contributed by atoms with Gasteiger partial charge in [0.2, 0.25) is 0 Å². The van der Waals surface area contributed by atoms with E-state index in [1.165, 1.54) is 6.07 Å². The second-order valence-electron chi connectivity index (χ2n) is 5.34. The number of aldehydes is 1. The van der Waals surface area contributed by atoms with E-state index in [1.807, 2.05) is 0 Å². The number of nitro benzene ring substituents is 1. The van der Waals surface area contributed by atoms with Crippen molar-refractivity contribution in [2.45, 2.75) is 0 Å². The number of nitro groups is 1. The summed E-state index contributed by atoms with van der Waals surface area (Å²) in [6.07, 6.45) is 0.780. The number of fused-ring (bicyclic) bond motifs is 2. The average molecular weight is 503 g/mol. The molecule has 0 bridgehead atoms. The fourth-order valence-corrected chi connectivity index (χ4v) is 3.25. The van der Waals surface area contributed by atoms with Crippen molar-refractivity contribution in [3.63, 3.8) is 0 Å². The number of ether oxygens (including phenoxy) is 4. The fourth-order valence-electron chi connectivity index (χ4n) is 2.36. The van der Waals surface area contributed by atoms with E-state index in [4.69, 9.17) is 18.9 Å². The van der Waals surface area contributed by atoms with Gasteiger partial charge < -0.3 is 18.9 Å². The van der Waals surface area contributed by atoms with Crippen LogP contribution in [0.25, 0.3) is 0 Å². The van der Waals surface area contributed by atoms with Crippen LogP contribution in [0.2, 0.25) is 0 Å². The molecule has 0 spiro atoms. The van der Waals surface area contributed by atoms with Crippen LogP contribution in [0.1, 0.15) is 10.4 Å². The molecule has 0 saturated heterocycles. The molecule has 2 aliphatic heterocycles. The minimum absolute atomic E-state index is 0.0192. The molecule has 0 atom stereocenters. The van der Waals surface area contributed by atoms with Crippen molar-refractivity contribution in [1.29, 1.82) is 0 Å². The predicted molar refractivity (Wildman–Crippen MR) is 102 cm³/mol. The van der Waals surface area contributed by atoms with E-state index in [0.717, 1.165) is 10.8 Å². The van der Waals surface area contributed by atoms with Gasteiger partial charge >= 0.3 is 0 Å². The second-order valence-corrected chi connectivity index (χ2v) is 7.05. The Morgan fingerprint density at radius 1 is 0.815 bits per heavy atom. The van der Waals surface area contributed by atoms with E-state index in [1.54, 1.807) is 18.2 Å². The molecule has 27 heavy (non-hydrogen) atoms. The zero-order valence-electron chi connectivity index (χ0n) is 13.8. The monoisotopic (exact) mass is 501 g/mol. The van der Waals surface area contributed by atoms with E-state index in [0.29, 0.717) is 59.5 Å². The quantitative estimate of drug-likeness (QED) is 0.345. The number of carbonyl (C=O) groups is 1. The molecular formula is C17H13Br2NO7. The Hall–Kier alpha value is -2.33. The third-order valence-electron chi connectivity index (χ3n) is 3.60. The standard InChI is InChI=1S/C9H7BrO3.C8H6BrNO4/c10-7-4-9-8(3-6(7)5-11)12-1-2-13-9;9-5-3-7-8(14-2-1-13-7)4-6(5)10(11)12/h3-5H,1-2H2;3-4H,1-2H2. The van der Waals surface area contributed by atoms with E-state index in [2.05, 4.69) is 31.9 Å². The SMILES string of the molecule is O=Cc1cc2c(cc1Br)OCCO2.O=[N+]([O-])c1cc2c(cc1Br)OCCO2. The highest BCUT2D eigenvalue weighted by molar-refractivity contribution is 9.11. The first-order valence-electron chi connectivity index (χ1n) is 7.77. The van der Waals surface area contributed by atoms with Crippen molar-refractivity contribution in [2.75, 3.05) is 26.4 Å². The van der Waals surface area contributed by atoms with Gasteiger partial charge in [-0.25, -0.2) is 0 Å². The van der Waals surface area contributed by atoms with Crippen LogP contribution in [0.4, 0.5) is 5.69 Å². The lowest BCUT2D eigenvalue weighted by Crippen LogP contribution is -2.15. The topological polar surface area (TPSA) is 97.1 Å². The van der Waals surface area contributed by atoms with E-state index in [-0.39, 0.29) is 5.69 Å². The number of carbonyl (C=O) groups excluding carboxylic acids is 1. The van der Waals surface area contributed by atoms with Crippen LogP contribution in [0, 0.1) is 10.1 Å². The number of hydrogen-bond donors (Lipinski definition) is 0. The molecule has 0 fully saturated rings. The molecule has 10 heteroatoms. The van der Waals surface area contributed by atoms with Crippen LogP contribution in [0.15, 0.2) is 33.2 Å². The molecule has 0 aromatic heterocycles. The van der Waals surface area contributed by atoms with E-state index < -0.39 is 4.92 Å². The van der Waals surface area contributed by atoms with Crippen LogP contribution < -0.4 is 18.9 Å². The molecule has 142 valence electrons. The van der Waals surface area contributed by atoms with Crippen LogP contribution in [0.5, 0.6) is 23.0 Å². The Labute approximate surface area is 170 Å². The van der Waals surface area contributed by atoms with Gasteiger partial charge in [0.25, 0.3) is 5.69 Å². The van der Waals surface area contributed by atoms with Crippen LogP contribution in [-0.4, -0.2) is 37.6 Å². The van der Waals surface area contributed by atoms with Gasteiger partial charge in [0.15, 0.2) is 29.3 Å². The van der Waals surface area contributed by atoms with Gasteiger partial charge in [-0.3, -0.25) is 14.9 Å². The van der Waals surface area contributed by atoms with Gasteiger partial charge in [-0.1, -0.05) is 0 Å². The number of benzene rings is 2. The molecule has 2 aliphatic rings. The maximum Gasteiger partial charge on any atom is 0.287 e. The first-order chi connectivity index (χ1) is 13.0. The summed E-state index contributed by atoms with van der Waals surface area (Å²) < 4.78 is 22.3. The smallest absolute Gasteiger partial charge is 0.287 e. The zero-order valence-corrected chi connectivity index (χ0v) is 16.9. The summed E-state index contributed by atoms with van der Waals surface area (Å²) in [5.41, 5.74) is 0.554. The number of rotatable bonds is 2. The average Bonchev–Trinajstić information content (AvgIpc) is 2.67. The first-order valence-corrected chi connectivity index (χ1v) is 9.36. The zero-order chi connectivity index (χ0) is 19.4. The third kappa shape index (κ3) is 4.51. The lowest BCUT2D eigenvalue weighted by Gasteiger charge is -2.18. The molecule has 2 aromatic carbocycles. The van der Waals surface area contributed by atoms with Crippen molar-refractivity contribution in [2.24, 2.45) is 0 Å². The molecule has 0 unspecified atom stereocenters. The molecule has 4 rings (SSSR count). The van der Waals surface area contributed by atoms with Gasteiger partial charge in [-0.05, 0) is 44.0 Å². The fraction of sp³-hybridized carbons (Fsp3) is 0.235. The van der Waals surface area contributed by atoms with Crippen molar-refractivity contribution < 1.29 is 28.7 Å². The third-order valence-corrected chi connectivity index (χ3v) is 4.92. The lowest BCUT2D eigenvalue weighted by atomic mass is 10.2. The van der Waals surface area contributed by atoms with Crippen molar-refractivity contribution in [3.05, 3.63) is 48.9 Å². The maximum absolute atomic E-state index is 10.6. The summed E-state index contributed by atoms with van der Waals surface area (Å²) in [4.78, 5) is 20.7. The molecule has 0 radical (unpaired) electrons. The normalized spacial score (nSPS) is 13.9. The first kappa shape index (κ1) is 19.4. The van der Waals surface area contributed by atoms with Gasteiger partial charge in [0.05, 0.1) is 15.5 Å². The van der Waals surface area contributed by atoms with Crippen LogP contribution in [-0.2, 0) is 0 Å². The summed E-state index contributed by atoms with van der Waals surface area (Å²) in [5, 5.41) is 10.6. The predicted octanol–water partition coefficient (Wildman–Crippen LogP) is 4.16. The Morgan fingerprint density at radius 3 is 1.74 bits per heavy atom. The van der Waals surface area contributed by atoms with Crippen molar-refractivity contribution in [1.82, 2.24) is 0 Å². The molecule has 0 N–H and O–H groups in total. The molecular weight excluding hydrogens is 490 g/mol. The van der Waals surface area contributed by atoms with Crippen LogP contribution in [0.3, 0.4) is 0 Å². The van der Waals surface area contributed by atoms with E-state index >= 15 is 0 Å². The maximum atomic E-state index is 10.6. The summed E-state index contributed by atoms with van der Waals surface area (Å²) in [6, 6.07) is 6.33. The van der Waals surface area contributed by atoms with Gasteiger partial charge in [0.1, 0.15) is 26.4 Å². The largest absolute Gasteiger partial charge is 0.486 e. The summed E-state index contributed by atoms with van der Waals surface area (Å²) in [6.45, 7) is 1.98. The van der Waals surface area contributed by atoms with Gasteiger partial charge in [-0.2, -0.15) is 0 Å². The number of halogens is 2. The number of hydrogen-bond acceptors (Lipinski definition) is 7. The molecule has 2 aromatic rings. The molecule has 8 nitrogen and oxygen atoms in total. The Balaban J connectivity index is 0.000000156.